The Morgan fingerprint density at radius 3 is 2.35 bits per heavy atom. The van der Waals surface area contributed by atoms with Gasteiger partial charge < -0.3 is 9.80 Å². The Balaban J connectivity index is 1.75. The largest absolute Gasteiger partial charge is 0.378 e. The number of benzene rings is 2. The van der Waals surface area contributed by atoms with E-state index in [1.807, 2.05) is 0 Å². The van der Waals surface area contributed by atoms with Crippen molar-refractivity contribution in [1.82, 2.24) is 0 Å². The van der Waals surface area contributed by atoms with E-state index in [1.54, 1.807) is 0 Å². The lowest BCUT2D eigenvalue weighted by molar-refractivity contribution is 0.478. The summed E-state index contributed by atoms with van der Waals surface area (Å²) in [7, 11) is 4.13. The highest BCUT2D eigenvalue weighted by molar-refractivity contribution is 5.65. The highest BCUT2D eigenvalue weighted by Crippen LogP contribution is 2.45. The average molecular weight is 347 g/mol. The molecule has 1 heterocycles. The maximum Gasteiger partial charge on any atom is 0.0568 e. The van der Waals surface area contributed by atoms with Crippen molar-refractivity contribution in [2.75, 3.05) is 30.4 Å². The van der Waals surface area contributed by atoms with E-state index in [2.05, 4.69) is 118 Å². The van der Waals surface area contributed by atoms with Gasteiger partial charge in [-0.2, -0.15) is 0 Å². The second kappa shape index (κ2) is 7.41. The molecule has 0 aliphatic carbocycles. The van der Waals surface area contributed by atoms with Crippen molar-refractivity contribution in [1.29, 1.82) is 0 Å². The lowest BCUT2D eigenvalue weighted by atomic mass is 9.80. The summed E-state index contributed by atoms with van der Waals surface area (Å²) in [6.07, 6.45) is 8.86. The fraction of sp³-hybridized carbons (Fsp3) is 0.333. The van der Waals surface area contributed by atoms with Crippen molar-refractivity contribution < 1.29 is 0 Å². The van der Waals surface area contributed by atoms with Crippen LogP contribution in [0.3, 0.4) is 0 Å². The zero-order valence-electron chi connectivity index (χ0n) is 16.6. The van der Waals surface area contributed by atoms with Gasteiger partial charge >= 0.3 is 0 Å². The van der Waals surface area contributed by atoms with Gasteiger partial charge in [-0.05, 0) is 36.2 Å². The summed E-state index contributed by atoms with van der Waals surface area (Å²) in [5.41, 5.74) is 5.38. The molecule has 136 valence electrons. The Kier molecular flexibility index (Phi) is 5.22. The van der Waals surface area contributed by atoms with Gasteiger partial charge in [0.2, 0.25) is 0 Å². The number of nitrogens with zero attached hydrogens (tertiary/aromatic N) is 2. The van der Waals surface area contributed by atoms with Crippen LogP contribution in [-0.4, -0.2) is 26.7 Å². The molecule has 0 bridgehead atoms. The fourth-order valence-electron chi connectivity index (χ4n) is 3.90. The average Bonchev–Trinajstić information content (AvgIpc) is 2.86. The number of hydrogen-bond donors (Lipinski definition) is 0. The summed E-state index contributed by atoms with van der Waals surface area (Å²) < 4.78 is 0. The van der Waals surface area contributed by atoms with E-state index in [0.717, 1.165) is 6.54 Å². The van der Waals surface area contributed by atoms with Crippen LogP contribution in [0.1, 0.15) is 31.9 Å². The van der Waals surface area contributed by atoms with Crippen LogP contribution in [0.2, 0.25) is 0 Å². The van der Waals surface area contributed by atoms with Crippen LogP contribution < -0.4 is 9.80 Å². The van der Waals surface area contributed by atoms with Gasteiger partial charge in [-0.1, -0.05) is 68.5 Å². The third-order valence-corrected chi connectivity index (χ3v) is 5.43. The monoisotopic (exact) mass is 346 g/mol. The van der Waals surface area contributed by atoms with Crippen molar-refractivity contribution in [3.63, 3.8) is 0 Å². The van der Waals surface area contributed by atoms with Crippen molar-refractivity contribution in [2.24, 2.45) is 0 Å². The van der Waals surface area contributed by atoms with E-state index in [9.17, 15) is 0 Å². The van der Waals surface area contributed by atoms with Crippen LogP contribution in [0.5, 0.6) is 0 Å². The number of allylic oxidation sites excluding steroid dienone is 2. The van der Waals surface area contributed by atoms with Crippen LogP contribution in [0.25, 0.3) is 6.08 Å². The maximum atomic E-state index is 2.51. The Labute approximate surface area is 158 Å². The van der Waals surface area contributed by atoms with Gasteiger partial charge in [0, 0.05) is 37.4 Å². The number of rotatable bonds is 5. The molecule has 0 N–H and O–H groups in total. The first-order valence-electron chi connectivity index (χ1n) is 9.43. The molecule has 0 spiro atoms. The first kappa shape index (κ1) is 18.3. The van der Waals surface area contributed by atoms with Gasteiger partial charge in [-0.25, -0.2) is 0 Å². The lowest BCUT2D eigenvalue weighted by Crippen LogP contribution is -2.39. The van der Waals surface area contributed by atoms with Gasteiger partial charge in [0.05, 0.1) is 6.04 Å². The molecule has 0 amide bonds. The summed E-state index contributed by atoms with van der Waals surface area (Å²) >= 11 is 0. The zero-order valence-corrected chi connectivity index (χ0v) is 16.6. The topological polar surface area (TPSA) is 6.48 Å². The smallest absolute Gasteiger partial charge is 0.0568 e. The van der Waals surface area contributed by atoms with E-state index in [-0.39, 0.29) is 5.41 Å². The molecule has 0 saturated carbocycles. The Bertz CT molecular complexity index is 797. The predicted molar refractivity (Wildman–Crippen MR) is 115 cm³/mol. The van der Waals surface area contributed by atoms with E-state index in [4.69, 9.17) is 0 Å². The molecule has 0 saturated heterocycles. The lowest BCUT2D eigenvalue weighted by Gasteiger charge is -2.31. The molecule has 2 aromatic carbocycles. The molecule has 3 rings (SSSR count). The Morgan fingerprint density at radius 2 is 1.69 bits per heavy atom. The minimum absolute atomic E-state index is 0.115. The number of likely N-dealkylation sites (N-methyl/N-ethyl adjacent to an activating group) is 1. The van der Waals surface area contributed by atoms with E-state index in [0.29, 0.717) is 6.04 Å². The maximum absolute atomic E-state index is 2.51. The van der Waals surface area contributed by atoms with Crippen molar-refractivity contribution in [2.45, 2.75) is 32.2 Å². The second-order valence-electron chi connectivity index (χ2n) is 7.70. The molecule has 1 aliphatic heterocycles. The standard InChI is InChI=1S/C24H30N2/c1-6-26-22-13-9-8-12-21(22)24(2,3)23(26)14-10-7-11-19-15-17-20(18-16-19)25(4)5/h7-18,23H,6H2,1-5H3/b11-7+,14-10+. The first-order valence-corrected chi connectivity index (χ1v) is 9.43. The minimum atomic E-state index is 0.115. The SMILES string of the molecule is CCN1c2ccccc2C(C)(C)C1/C=C/C=C/c1ccc(N(C)C)cc1. The van der Waals surface area contributed by atoms with E-state index < -0.39 is 0 Å². The molecule has 0 fully saturated rings. The molecule has 2 heteroatoms. The van der Waals surface area contributed by atoms with Crippen molar-refractivity contribution in [3.05, 3.63) is 77.9 Å². The van der Waals surface area contributed by atoms with Gasteiger partial charge in [0.15, 0.2) is 0 Å². The molecule has 1 atom stereocenters. The van der Waals surface area contributed by atoms with Crippen LogP contribution in [0, 0.1) is 0 Å². The van der Waals surface area contributed by atoms with Gasteiger partial charge in [-0.3, -0.25) is 0 Å². The minimum Gasteiger partial charge on any atom is -0.378 e. The third-order valence-electron chi connectivity index (χ3n) is 5.43. The summed E-state index contributed by atoms with van der Waals surface area (Å²) in [4.78, 5) is 4.62. The summed E-state index contributed by atoms with van der Waals surface area (Å²) in [6, 6.07) is 17.8. The molecule has 2 aromatic rings. The predicted octanol–water partition coefficient (Wildman–Crippen LogP) is 5.51. The Morgan fingerprint density at radius 1 is 1.00 bits per heavy atom. The number of para-hydroxylation sites is 1. The molecular formula is C24H30N2. The molecule has 26 heavy (non-hydrogen) atoms. The summed E-state index contributed by atoms with van der Waals surface area (Å²) in [6.45, 7) is 7.95. The van der Waals surface area contributed by atoms with Crippen LogP contribution in [0.15, 0.2) is 66.8 Å². The van der Waals surface area contributed by atoms with Crippen LogP contribution in [0.4, 0.5) is 11.4 Å². The third kappa shape index (κ3) is 3.41. The quantitative estimate of drug-likeness (QED) is 0.659. The number of hydrogen-bond acceptors (Lipinski definition) is 2. The fourth-order valence-corrected chi connectivity index (χ4v) is 3.90. The molecular weight excluding hydrogens is 316 g/mol. The van der Waals surface area contributed by atoms with Crippen LogP contribution >= 0.6 is 0 Å². The molecule has 0 aromatic heterocycles. The second-order valence-corrected chi connectivity index (χ2v) is 7.70. The molecule has 2 nitrogen and oxygen atoms in total. The van der Waals surface area contributed by atoms with Crippen LogP contribution in [-0.2, 0) is 5.41 Å². The highest BCUT2D eigenvalue weighted by atomic mass is 15.2. The first-order chi connectivity index (χ1) is 12.4. The Hall–Kier alpha value is -2.48. The van der Waals surface area contributed by atoms with Gasteiger partial charge in [0.25, 0.3) is 0 Å². The zero-order chi connectivity index (χ0) is 18.7. The molecule has 0 radical (unpaired) electrons. The van der Waals surface area contributed by atoms with E-state index in [1.165, 1.54) is 22.5 Å². The normalized spacial score (nSPS) is 18.7. The molecule has 1 aliphatic rings. The number of anilines is 2. The molecule has 1 unspecified atom stereocenters. The van der Waals surface area contributed by atoms with Crippen molar-refractivity contribution in [3.8, 4) is 0 Å². The van der Waals surface area contributed by atoms with E-state index >= 15 is 0 Å². The van der Waals surface area contributed by atoms with Gasteiger partial charge in [-0.15, -0.1) is 0 Å². The highest BCUT2D eigenvalue weighted by Gasteiger charge is 2.41. The summed E-state index contributed by atoms with van der Waals surface area (Å²) in [5, 5.41) is 0. The number of fused-ring (bicyclic) bond motifs is 1. The van der Waals surface area contributed by atoms with Gasteiger partial charge in [0.1, 0.15) is 0 Å². The van der Waals surface area contributed by atoms with Crippen molar-refractivity contribution >= 4 is 17.5 Å². The summed E-state index contributed by atoms with van der Waals surface area (Å²) in [5.74, 6) is 0.